The molecule has 282 valence electrons. The van der Waals surface area contributed by atoms with Gasteiger partial charge in [0.1, 0.15) is 11.5 Å². The minimum absolute atomic E-state index is 0.0301. The van der Waals surface area contributed by atoms with Gasteiger partial charge in [-0.3, -0.25) is 14.3 Å². The lowest BCUT2D eigenvalue weighted by Gasteiger charge is -2.46. The number of hydrogen-bond donors (Lipinski definition) is 0. The highest BCUT2D eigenvalue weighted by Crippen LogP contribution is 2.50. The van der Waals surface area contributed by atoms with Crippen LogP contribution in [0.2, 0.25) is 5.02 Å². The van der Waals surface area contributed by atoms with Crippen LogP contribution in [0.3, 0.4) is 0 Å². The number of anilines is 1. The van der Waals surface area contributed by atoms with Gasteiger partial charge in [0.15, 0.2) is 0 Å². The van der Waals surface area contributed by atoms with Gasteiger partial charge in [-0.2, -0.15) is 9.46 Å². The molecule has 1 amide bonds. The fourth-order valence-electron chi connectivity index (χ4n) is 9.66. The number of carbonyl (C=O) groups excluding carboxylic acids is 2. The average Bonchev–Trinajstić information content (AvgIpc) is 3.76. The molecule has 3 aromatic rings. The van der Waals surface area contributed by atoms with Gasteiger partial charge in [0.25, 0.3) is 5.91 Å². The van der Waals surface area contributed by atoms with Crippen LogP contribution in [-0.2, 0) is 38.1 Å². The molecule has 0 radical (unpaired) electrons. The van der Waals surface area contributed by atoms with Gasteiger partial charge in [0, 0.05) is 73.2 Å². The minimum Gasteiger partial charge on any atom is -0.490 e. The van der Waals surface area contributed by atoms with Crippen LogP contribution in [0.5, 0.6) is 5.75 Å². The molecule has 2 fully saturated rings. The Morgan fingerprint density at radius 2 is 2.04 bits per heavy atom. The Hall–Kier alpha value is -3.47. The molecule has 3 heterocycles. The summed E-state index contributed by atoms with van der Waals surface area (Å²) < 4.78 is 33.8. The van der Waals surface area contributed by atoms with Crippen LogP contribution in [0.25, 0.3) is 0 Å². The van der Waals surface area contributed by atoms with E-state index >= 15 is 0 Å². The summed E-state index contributed by atoms with van der Waals surface area (Å²) >= 11 is 6.47. The Morgan fingerprint density at radius 3 is 2.81 bits per heavy atom. The number of aromatic nitrogens is 2. The third-order valence-electron chi connectivity index (χ3n) is 12.6. The van der Waals surface area contributed by atoms with Crippen molar-refractivity contribution in [3.05, 3.63) is 88.2 Å². The molecule has 2 aliphatic heterocycles. The second kappa shape index (κ2) is 14.6. The highest BCUT2D eigenvalue weighted by molar-refractivity contribution is 7.94. The first-order chi connectivity index (χ1) is 25.5. The second-order valence-electron chi connectivity index (χ2n) is 16.5. The van der Waals surface area contributed by atoms with Gasteiger partial charge in [-0.05, 0) is 116 Å². The lowest BCUT2D eigenvalue weighted by molar-refractivity contribution is -0.117. The number of ketones is 1. The van der Waals surface area contributed by atoms with Crippen molar-refractivity contribution in [3.8, 4) is 5.75 Å². The minimum atomic E-state index is -3.20. The number of halogens is 1. The fourth-order valence-corrected chi connectivity index (χ4v) is 12.2. The molecule has 2 saturated carbocycles. The van der Waals surface area contributed by atoms with Crippen molar-refractivity contribution < 1.29 is 23.3 Å². The molecule has 11 heteroatoms. The molecule has 8 atom stereocenters. The fraction of sp³-hybridized carbons (Fsp3) is 0.548. The third kappa shape index (κ3) is 7.48. The summed E-state index contributed by atoms with van der Waals surface area (Å²) in [5.41, 5.74) is 4.66. The number of fused-ring (bicyclic) bond motifs is 4. The van der Waals surface area contributed by atoms with E-state index in [2.05, 4.69) is 38.6 Å². The maximum atomic E-state index is 14.7. The summed E-state index contributed by atoms with van der Waals surface area (Å²) in [6, 6.07) is 13.8. The van der Waals surface area contributed by atoms with Crippen LogP contribution in [0.15, 0.2) is 65.2 Å². The van der Waals surface area contributed by atoms with Gasteiger partial charge >= 0.3 is 0 Å². The molecule has 9 nitrogen and oxygen atoms in total. The van der Waals surface area contributed by atoms with Crippen molar-refractivity contribution in [1.82, 2.24) is 9.78 Å². The molecule has 0 unspecified atom stereocenters. The molecule has 8 rings (SSSR count). The van der Waals surface area contributed by atoms with E-state index < -0.39 is 15.6 Å². The number of allylic oxidation sites excluding steroid dienone is 1. The average molecular weight is 759 g/mol. The van der Waals surface area contributed by atoms with E-state index in [0.29, 0.717) is 36.8 Å². The summed E-state index contributed by atoms with van der Waals surface area (Å²) in [5, 5.41) is 5.03. The Labute approximate surface area is 318 Å². The van der Waals surface area contributed by atoms with Crippen molar-refractivity contribution in [1.29, 1.82) is 0 Å². The number of rotatable bonds is 6. The normalized spacial score (nSPS) is 33.1. The molecule has 2 aromatic carbocycles. The number of ether oxygens (including phenoxy) is 2. The van der Waals surface area contributed by atoms with E-state index in [0.717, 1.165) is 73.8 Å². The summed E-state index contributed by atoms with van der Waals surface area (Å²) in [6.07, 6.45) is 13.1. The molecule has 0 saturated heterocycles. The summed E-state index contributed by atoms with van der Waals surface area (Å²) in [4.78, 5) is 30.1. The molecule has 2 bridgehead atoms. The smallest absolute Gasteiger partial charge is 0.285 e. The number of hydrogen-bond acceptors (Lipinski definition) is 7. The maximum Gasteiger partial charge on any atom is 0.285 e. The molecule has 53 heavy (non-hydrogen) atoms. The van der Waals surface area contributed by atoms with Gasteiger partial charge in [-0.25, -0.2) is 4.21 Å². The quantitative estimate of drug-likeness (QED) is 0.239. The molecule has 1 aromatic heterocycles. The molecule has 3 aliphatic carbocycles. The molecule has 1 spiro atoms. The topological polar surface area (TPSA) is 103 Å². The number of methoxy groups -OCH3 is 1. The predicted molar refractivity (Wildman–Crippen MR) is 208 cm³/mol. The van der Waals surface area contributed by atoms with Gasteiger partial charge in [0.05, 0.1) is 33.9 Å². The van der Waals surface area contributed by atoms with Crippen molar-refractivity contribution in [2.75, 3.05) is 43.2 Å². The number of carbonyl (C=O) groups is 2. The molecular weight excluding hydrogens is 708 g/mol. The van der Waals surface area contributed by atoms with Crippen LogP contribution >= 0.6 is 11.6 Å². The number of amides is 1. The lowest BCUT2D eigenvalue weighted by atomic mass is 9.68. The lowest BCUT2D eigenvalue weighted by Crippen LogP contribution is -2.49. The highest BCUT2D eigenvalue weighted by Gasteiger charge is 2.45. The highest BCUT2D eigenvalue weighted by atomic mass is 35.5. The number of Topliss-reactive ketones (excluding diaryl/α,β-unsaturated/α-hetero) is 1. The van der Waals surface area contributed by atoms with Crippen molar-refractivity contribution in [2.45, 2.75) is 75.7 Å². The maximum absolute atomic E-state index is 14.7. The van der Waals surface area contributed by atoms with E-state index in [1.807, 2.05) is 42.9 Å². The van der Waals surface area contributed by atoms with Gasteiger partial charge in [-0.1, -0.05) is 36.7 Å². The van der Waals surface area contributed by atoms with Crippen LogP contribution in [-0.4, -0.2) is 70.1 Å². The zero-order chi connectivity index (χ0) is 36.9. The Balaban J connectivity index is 1.13. The number of nitrogens with zero attached hydrogens (tertiary/aromatic N) is 4. The van der Waals surface area contributed by atoms with Crippen LogP contribution in [0, 0.1) is 23.7 Å². The van der Waals surface area contributed by atoms with Gasteiger partial charge < -0.3 is 14.4 Å². The van der Waals surface area contributed by atoms with Gasteiger partial charge in [0.2, 0.25) is 0 Å². The first-order valence-electron chi connectivity index (χ1n) is 19.3. The summed E-state index contributed by atoms with van der Waals surface area (Å²) in [7, 11) is 0.500. The van der Waals surface area contributed by atoms with E-state index in [1.165, 1.54) is 11.1 Å². The zero-order valence-corrected chi connectivity index (χ0v) is 32.6. The Morgan fingerprint density at radius 1 is 1.17 bits per heavy atom. The standard InChI is InChI=1S/C42H51ClN4O5S/c1-27-6-4-8-39(51-3)34-12-9-30(34)22-47-25-42(16-5-7-28-18-32(43)11-13-36(28)42)26-52-40-14-10-29(21-38(40)47)41(49)45-53(50,23-27)24-33(48)19-31-20-35(31)37-15-17-44-46(37)2/h4,8,10-11,13-15,17-18,21,27,30-31,34-35,39H,5-7,9,12,16,19-20,22-26H2,1-3H3/b8-4+/t27-,30-,31+,34+,35+,39-,42-,53+/m0/s1. The van der Waals surface area contributed by atoms with Crippen LogP contribution in [0.1, 0.15) is 85.0 Å². The molecular formula is C42H51ClN4O5S. The largest absolute Gasteiger partial charge is 0.490 e. The monoisotopic (exact) mass is 758 g/mol. The SMILES string of the molecule is CO[C@H]1/C=C/C[C@H](C)C[S@@](=O)(CC(=O)C[C@@H]2C[C@H]2c2ccnn2C)=NC(=O)c2ccc3c(c2)N(C[C@@H]2CC[C@H]21)C[C@@]1(CCCc2cc(Cl)ccc21)CO3. The van der Waals surface area contributed by atoms with Crippen molar-refractivity contribution in [3.63, 3.8) is 0 Å². The van der Waals surface area contributed by atoms with Gasteiger partial charge in [-0.15, -0.1) is 0 Å². The predicted octanol–water partition coefficient (Wildman–Crippen LogP) is 7.55. The third-order valence-corrected chi connectivity index (χ3v) is 15.2. The first kappa shape index (κ1) is 36.5. The number of benzene rings is 2. The van der Waals surface area contributed by atoms with E-state index in [1.54, 1.807) is 19.4 Å². The first-order valence-corrected chi connectivity index (χ1v) is 21.5. The van der Waals surface area contributed by atoms with E-state index in [4.69, 9.17) is 21.1 Å². The van der Waals surface area contributed by atoms with Crippen LogP contribution in [0.4, 0.5) is 5.69 Å². The van der Waals surface area contributed by atoms with E-state index in [9.17, 15) is 13.8 Å². The van der Waals surface area contributed by atoms with Crippen molar-refractivity contribution in [2.24, 2.45) is 35.1 Å². The molecule has 5 aliphatic rings. The second-order valence-corrected chi connectivity index (χ2v) is 19.2. The van der Waals surface area contributed by atoms with E-state index in [-0.39, 0.29) is 46.6 Å². The summed E-state index contributed by atoms with van der Waals surface area (Å²) in [5.74, 6) is 1.22. The Bertz CT molecular complexity index is 2050. The Kier molecular flexibility index (Phi) is 10.1. The van der Waals surface area contributed by atoms with Crippen LogP contribution < -0.4 is 9.64 Å². The van der Waals surface area contributed by atoms with Crippen molar-refractivity contribution >= 4 is 38.7 Å². The zero-order valence-electron chi connectivity index (χ0n) is 31.0. The molecule has 0 N–H and O–H groups in total. The number of aryl methyl sites for hydroxylation is 2. The summed E-state index contributed by atoms with van der Waals surface area (Å²) in [6.45, 7) is 4.09.